The second kappa shape index (κ2) is 10.7. The average molecular weight is 419 g/mol. The first kappa shape index (κ1) is 20.9. The minimum atomic E-state index is -0.297. The van der Waals surface area contributed by atoms with Crippen LogP contribution in [-0.4, -0.2) is 31.4 Å². The van der Waals surface area contributed by atoms with Crippen LogP contribution >= 0.6 is 28.3 Å². The highest BCUT2D eigenvalue weighted by atomic mass is 79.9. The van der Waals surface area contributed by atoms with Crippen molar-refractivity contribution in [3.05, 3.63) is 34.3 Å². The summed E-state index contributed by atoms with van der Waals surface area (Å²) in [6.07, 6.45) is 2.44. The van der Waals surface area contributed by atoms with Crippen LogP contribution in [0.5, 0.6) is 0 Å². The second-order valence-corrected chi connectivity index (χ2v) is 6.92. The molecule has 0 spiro atoms. The summed E-state index contributed by atoms with van der Waals surface area (Å²) in [5.41, 5.74) is 0.929. The van der Waals surface area contributed by atoms with Crippen molar-refractivity contribution in [2.75, 3.05) is 19.6 Å². The van der Waals surface area contributed by atoms with Crippen LogP contribution in [0.25, 0.3) is 0 Å². The van der Waals surface area contributed by atoms with Gasteiger partial charge in [-0.15, -0.1) is 12.4 Å². The topological polar surface area (TPSA) is 70.2 Å². The van der Waals surface area contributed by atoms with Crippen LogP contribution in [0.1, 0.15) is 37.8 Å². The second-order valence-electron chi connectivity index (χ2n) is 6.01. The predicted molar refractivity (Wildman–Crippen MR) is 101 cm³/mol. The summed E-state index contributed by atoms with van der Waals surface area (Å²) in [5.74, 6) is 0.494. The van der Waals surface area contributed by atoms with Gasteiger partial charge in [-0.2, -0.15) is 0 Å². The molecule has 0 bridgehead atoms. The lowest BCUT2D eigenvalue weighted by atomic mass is 10.0. The fourth-order valence-electron chi connectivity index (χ4n) is 2.83. The van der Waals surface area contributed by atoms with Crippen molar-refractivity contribution in [3.8, 4) is 0 Å². The predicted octanol–water partition coefficient (Wildman–Crippen LogP) is 2.55. The summed E-state index contributed by atoms with van der Waals surface area (Å²) < 4.78 is 0.970. The molecule has 1 aliphatic rings. The zero-order chi connectivity index (χ0) is 16.7. The quantitative estimate of drug-likeness (QED) is 0.637. The van der Waals surface area contributed by atoms with Crippen LogP contribution in [0, 0.1) is 5.92 Å². The van der Waals surface area contributed by atoms with Crippen LogP contribution in [0.4, 0.5) is 0 Å². The van der Waals surface area contributed by atoms with Crippen LogP contribution in [0.15, 0.2) is 28.7 Å². The molecule has 7 heteroatoms. The minimum Gasteiger partial charge on any atom is -0.356 e. The van der Waals surface area contributed by atoms with Gasteiger partial charge in [0.2, 0.25) is 11.8 Å². The van der Waals surface area contributed by atoms with Gasteiger partial charge in [0.25, 0.3) is 0 Å². The highest BCUT2D eigenvalue weighted by Crippen LogP contribution is 2.20. The molecular formula is C17H25BrClN3O2. The van der Waals surface area contributed by atoms with Gasteiger partial charge in [0, 0.05) is 17.9 Å². The van der Waals surface area contributed by atoms with E-state index in [4.69, 9.17) is 0 Å². The fraction of sp³-hybridized carbons (Fsp3) is 0.529. The Morgan fingerprint density at radius 1 is 1.33 bits per heavy atom. The van der Waals surface area contributed by atoms with Gasteiger partial charge >= 0.3 is 0 Å². The summed E-state index contributed by atoms with van der Waals surface area (Å²) in [5, 5.41) is 9.15. The first-order chi connectivity index (χ1) is 11.0. The summed E-state index contributed by atoms with van der Waals surface area (Å²) in [6.45, 7) is 4.28. The molecule has 0 aromatic heterocycles. The van der Waals surface area contributed by atoms with Gasteiger partial charge in [0.15, 0.2) is 0 Å². The molecule has 1 heterocycles. The van der Waals surface area contributed by atoms with Gasteiger partial charge in [-0.3, -0.25) is 9.59 Å². The Kier molecular flexibility index (Phi) is 9.33. The number of benzene rings is 1. The largest absolute Gasteiger partial charge is 0.356 e. The molecule has 0 aliphatic carbocycles. The first-order valence-electron chi connectivity index (χ1n) is 8.04. The SMILES string of the molecule is CC(=O)NC(CC(=O)NCCC1CCNC1)c1ccc(Br)cc1.Cl. The molecule has 2 unspecified atom stereocenters. The standard InChI is InChI=1S/C17H24BrN3O2.ClH/c1-12(22)21-16(14-2-4-15(18)5-3-14)10-17(23)20-9-7-13-6-8-19-11-13;/h2-5,13,16,19H,6-11H2,1H3,(H,20,23)(H,21,22);1H. The molecule has 0 saturated carbocycles. The minimum absolute atomic E-state index is 0. The van der Waals surface area contributed by atoms with E-state index in [1.54, 1.807) is 0 Å². The Morgan fingerprint density at radius 3 is 2.62 bits per heavy atom. The molecule has 2 amide bonds. The van der Waals surface area contributed by atoms with Gasteiger partial charge in [-0.1, -0.05) is 28.1 Å². The number of carbonyl (C=O) groups excluding carboxylic acids is 2. The van der Waals surface area contributed by atoms with Gasteiger partial charge < -0.3 is 16.0 Å². The van der Waals surface area contributed by atoms with E-state index in [2.05, 4.69) is 31.9 Å². The highest BCUT2D eigenvalue weighted by Gasteiger charge is 2.18. The maximum Gasteiger partial charge on any atom is 0.222 e. The number of nitrogens with one attached hydrogen (secondary N) is 3. The molecule has 1 fully saturated rings. The Bertz CT molecular complexity index is 533. The van der Waals surface area contributed by atoms with Crippen molar-refractivity contribution in [1.29, 1.82) is 0 Å². The molecule has 1 aromatic rings. The molecule has 1 aromatic carbocycles. The summed E-state index contributed by atoms with van der Waals surface area (Å²) in [7, 11) is 0. The lowest BCUT2D eigenvalue weighted by molar-refractivity contribution is -0.122. The Labute approximate surface area is 157 Å². The number of carbonyl (C=O) groups is 2. The number of hydrogen-bond donors (Lipinski definition) is 3. The molecule has 1 aliphatic heterocycles. The van der Waals surface area contributed by atoms with E-state index in [1.165, 1.54) is 13.3 Å². The lowest BCUT2D eigenvalue weighted by Gasteiger charge is -2.18. The summed E-state index contributed by atoms with van der Waals surface area (Å²) in [4.78, 5) is 23.6. The van der Waals surface area contributed by atoms with Gasteiger partial charge in [0.05, 0.1) is 12.5 Å². The molecular weight excluding hydrogens is 394 g/mol. The number of hydrogen-bond acceptors (Lipinski definition) is 3. The fourth-order valence-corrected chi connectivity index (χ4v) is 3.09. The molecule has 2 atom stereocenters. The third kappa shape index (κ3) is 7.20. The van der Waals surface area contributed by atoms with E-state index in [-0.39, 0.29) is 36.7 Å². The van der Waals surface area contributed by atoms with E-state index in [0.717, 1.165) is 29.5 Å². The van der Waals surface area contributed by atoms with Crippen molar-refractivity contribution in [1.82, 2.24) is 16.0 Å². The average Bonchev–Trinajstić information content (AvgIpc) is 3.00. The first-order valence-corrected chi connectivity index (χ1v) is 8.84. The van der Waals surface area contributed by atoms with Crippen LogP contribution in [0.2, 0.25) is 0 Å². The number of rotatable bonds is 7. The van der Waals surface area contributed by atoms with E-state index in [1.807, 2.05) is 24.3 Å². The molecule has 0 radical (unpaired) electrons. The van der Waals surface area contributed by atoms with Crippen molar-refractivity contribution < 1.29 is 9.59 Å². The van der Waals surface area contributed by atoms with Crippen molar-refractivity contribution in [2.45, 2.75) is 32.2 Å². The molecule has 134 valence electrons. The van der Waals surface area contributed by atoms with Crippen molar-refractivity contribution in [3.63, 3.8) is 0 Å². The molecule has 5 nitrogen and oxygen atoms in total. The highest BCUT2D eigenvalue weighted by molar-refractivity contribution is 9.10. The van der Waals surface area contributed by atoms with E-state index >= 15 is 0 Å². The van der Waals surface area contributed by atoms with E-state index in [0.29, 0.717) is 12.5 Å². The monoisotopic (exact) mass is 417 g/mol. The van der Waals surface area contributed by atoms with Crippen LogP contribution < -0.4 is 16.0 Å². The Morgan fingerprint density at radius 2 is 2.04 bits per heavy atom. The molecule has 3 N–H and O–H groups in total. The van der Waals surface area contributed by atoms with E-state index in [9.17, 15) is 9.59 Å². The maximum absolute atomic E-state index is 12.2. The van der Waals surface area contributed by atoms with Crippen LogP contribution in [-0.2, 0) is 9.59 Å². The molecule has 24 heavy (non-hydrogen) atoms. The van der Waals surface area contributed by atoms with Gasteiger partial charge in [-0.05, 0) is 49.5 Å². The summed E-state index contributed by atoms with van der Waals surface area (Å²) in [6, 6.07) is 7.36. The third-order valence-electron chi connectivity index (χ3n) is 4.08. The zero-order valence-corrected chi connectivity index (χ0v) is 16.2. The summed E-state index contributed by atoms with van der Waals surface area (Å²) >= 11 is 3.39. The molecule has 1 saturated heterocycles. The van der Waals surface area contributed by atoms with Gasteiger partial charge in [-0.25, -0.2) is 0 Å². The lowest BCUT2D eigenvalue weighted by Crippen LogP contribution is -2.33. The maximum atomic E-state index is 12.2. The zero-order valence-electron chi connectivity index (χ0n) is 13.8. The third-order valence-corrected chi connectivity index (χ3v) is 4.61. The smallest absolute Gasteiger partial charge is 0.222 e. The van der Waals surface area contributed by atoms with Crippen molar-refractivity contribution in [2.24, 2.45) is 5.92 Å². The molecule has 2 rings (SSSR count). The van der Waals surface area contributed by atoms with Crippen molar-refractivity contribution >= 4 is 40.2 Å². The van der Waals surface area contributed by atoms with Gasteiger partial charge in [0.1, 0.15) is 0 Å². The Hall–Kier alpha value is -1.11. The number of amides is 2. The van der Waals surface area contributed by atoms with E-state index < -0.39 is 0 Å². The number of halogens is 2. The Balaban J connectivity index is 0.00000288. The van der Waals surface area contributed by atoms with Crippen LogP contribution in [0.3, 0.4) is 0 Å². The normalized spacial score (nSPS) is 17.7.